The second kappa shape index (κ2) is 4.74. The molecular formula is C20H34O3. The highest BCUT2D eigenvalue weighted by Crippen LogP contribution is 2.72. The summed E-state index contributed by atoms with van der Waals surface area (Å²) in [5, 5.41) is 31.3. The maximum Gasteiger partial charge on any atom is 0.0910 e. The van der Waals surface area contributed by atoms with Gasteiger partial charge in [0, 0.05) is 0 Å². The molecule has 5 aliphatic rings. The van der Waals surface area contributed by atoms with Crippen LogP contribution < -0.4 is 0 Å². The molecule has 3 heteroatoms. The summed E-state index contributed by atoms with van der Waals surface area (Å²) < 4.78 is 0. The summed E-state index contributed by atoms with van der Waals surface area (Å²) in [5.74, 6) is 1.51. The molecule has 3 nitrogen and oxygen atoms in total. The van der Waals surface area contributed by atoms with E-state index in [1.54, 1.807) is 0 Å². The predicted molar refractivity (Wildman–Crippen MR) is 89.8 cm³/mol. The molecule has 0 aliphatic heterocycles. The molecular weight excluding hydrogens is 288 g/mol. The van der Waals surface area contributed by atoms with Crippen molar-refractivity contribution in [2.45, 2.75) is 83.8 Å². The maximum absolute atomic E-state index is 10.9. The van der Waals surface area contributed by atoms with Gasteiger partial charge in [-0.2, -0.15) is 0 Å². The van der Waals surface area contributed by atoms with Gasteiger partial charge in [-0.1, -0.05) is 20.8 Å². The first kappa shape index (κ1) is 16.4. The van der Waals surface area contributed by atoms with Crippen LogP contribution in [0.2, 0.25) is 0 Å². The van der Waals surface area contributed by atoms with Gasteiger partial charge in [0.2, 0.25) is 0 Å². The van der Waals surface area contributed by atoms with E-state index in [4.69, 9.17) is 0 Å². The zero-order valence-corrected chi connectivity index (χ0v) is 15.0. The standard InChI is InChI=1S/C20H34O3/c1-17(2)14-5-9-19-8-4-13(20(23,11-19)12-21)10-15(19)18(14,3)7-6-16(17)22/h13-16,21-23H,4-12H2,1-3H3/t13-,14+,15-,16+,18+,19+,20+/m0/s1. The highest BCUT2D eigenvalue weighted by atomic mass is 16.3. The van der Waals surface area contributed by atoms with Gasteiger partial charge < -0.3 is 15.3 Å². The van der Waals surface area contributed by atoms with Crippen molar-refractivity contribution >= 4 is 0 Å². The van der Waals surface area contributed by atoms with Crippen molar-refractivity contribution in [3.63, 3.8) is 0 Å². The second-order valence-corrected chi connectivity index (χ2v) is 10.3. The van der Waals surface area contributed by atoms with Crippen LogP contribution in [0.5, 0.6) is 0 Å². The number of fused-ring (bicyclic) bond motifs is 3. The van der Waals surface area contributed by atoms with E-state index >= 15 is 0 Å². The summed E-state index contributed by atoms with van der Waals surface area (Å²) in [6.45, 7) is 6.94. The zero-order chi connectivity index (χ0) is 16.7. The number of hydrogen-bond acceptors (Lipinski definition) is 3. The molecule has 0 heterocycles. The monoisotopic (exact) mass is 322 g/mol. The van der Waals surface area contributed by atoms with Gasteiger partial charge in [0.05, 0.1) is 18.3 Å². The topological polar surface area (TPSA) is 60.7 Å². The molecule has 5 aliphatic carbocycles. The Morgan fingerprint density at radius 3 is 2.35 bits per heavy atom. The van der Waals surface area contributed by atoms with Crippen molar-refractivity contribution in [2.24, 2.45) is 34.0 Å². The molecule has 5 rings (SSSR count). The Morgan fingerprint density at radius 2 is 1.65 bits per heavy atom. The normalized spacial score (nSPS) is 57.7. The molecule has 0 saturated heterocycles. The highest BCUT2D eigenvalue weighted by Gasteiger charge is 2.67. The molecule has 0 amide bonds. The molecule has 23 heavy (non-hydrogen) atoms. The fraction of sp³-hybridized carbons (Fsp3) is 1.00. The van der Waals surface area contributed by atoms with E-state index in [2.05, 4.69) is 20.8 Å². The summed E-state index contributed by atoms with van der Waals surface area (Å²) >= 11 is 0. The number of hydrogen-bond donors (Lipinski definition) is 3. The maximum atomic E-state index is 10.9. The van der Waals surface area contributed by atoms with Gasteiger partial charge in [-0.05, 0) is 85.4 Å². The van der Waals surface area contributed by atoms with Crippen LogP contribution in [0.25, 0.3) is 0 Å². The number of aliphatic hydroxyl groups is 3. The molecule has 5 saturated carbocycles. The summed E-state index contributed by atoms with van der Waals surface area (Å²) in [6, 6.07) is 0. The molecule has 5 fully saturated rings. The third-order valence-electron chi connectivity index (χ3n) is 9.18. The minimum atomic E-state index is -0.832. The fourth-order valence-corrected chi connectivity index (χ4v) is 7.91. The molecule has 3 N–H and O–H groups in total. The second-order valence-electron chi connectivity index (χ2n) is 10.3. The van der Waals surface area contributed by atoms with Gasteiger partial charge in [-0.3, -0.25) is 0 Å². The summed E-state index contributed by atoms with van der Waals surface area (Å²) in [4.78, 5) is 0. The Kier molecular flexibility index (Phi) is 3.37. The van der Waals surface area contributed by atoms with Gasteiger partial charge in [-0.25, -0.2) is 0 Å². The third-order valence-corrected chi connectivity index (χ3v) is 9.18. The van der Waals surface area contributed by atoms with Crippen LogP contribution in [0, 0.1) is 34.0 Å². The van der Waals surface area contributed by atoms with E-state index in [9.17, 15) is 15.3 Å². The lowest BCUT2D eigenvalue weighted by molar-refractivity contribution is -0.252. The minimum absolute atomic E-state index is 0.00141. The Bertz CT molecular complexity index is 503. The van der Waals surface area contributed by atoms with Crippen molar-refractivity contribution in [3.8, 4) is 0 Å². The fourth-order valence-electron chi connectivity index (χ4n) is 7.91. The Balaban J connectivity index is 1.72. The van der Waals surface area contributed by atoms with Gasteiger partial charge in [0.1, 0.15) is 0 Å². The van der Waals surface area contributed by atoms with Crippen LogP contribution in [0.15, 0.2) is 0 Å². The van der Waals surface area contributed by atoms with Crippen LogP contribution in [0.4, 0.5) is 0 Å². The number of aliphatic hydroxyl groups excluding tert-OH is 2. The van der Waals surface area contributed by atoms with E-state index in [-0.39, 0.29) is 34.9 Å². The Hall–Kier alpha value is -0.120. The smallest absolute Gasteiger partial charge is 0.0910 e. The first-order valence-corrected chi connectivity index (χ1v) is 9.69. The lowest BCUT2D eigenvalue weighted by atomic mass is 9.35. The molecule has 0 aromatic rings. The van der Waals surface area contributed by atoms with E-state index in [0.717, 1.165) is 32.1 Å². The summed E-state index contributed by atoms with van der Waals surface area (Å²) in [6.07, 6.45) is 8.40. The summed E-state index contributed by atoms with van der Waals surface area (Å²) in [5.41, 5.74) is -0.313. The third kappa shape index (κ3) is 1.93. The van der Waals surface area contributed by atoms with Crippen molar-refractivity contribution in [2.75, 3.05) is 6.61 Å². The average Bonchev–Trinajstić information content (AvgIpc) is 2.51. The zero-order valence-electron chi connectivity index (χ0n) is 15.0. The quantitative estimate of drug-likeness (QED) is 0.695. The van der Waals surface area contributed by atoms with Crippen molar-refractivity contribution in [1.82, 2.24) is 0 Å². The van der Waals surface area contributed by atoms with Gasteiger partial charge in [0.25, 0.3) is 0 Å². The van der Waals surface area contributed by atoms with E-state index in [1.807, 2.05) is 0 Å². The van der Waals surface area contributed by atoms with E-state index in [1.165, 1.54) is 19.3 Å². The van der Waals surface area contributed by atoms with Crippen molar-refractivity contribution < 1.29 is 15.3 Å². The van der Waals surface area contributed by atoms with Gasteiger partial charge in [0.15, 0.2) is 0 Å². The van der Waals surface area contributed by atoms with Crippen LogP contribution in [0.3, 0.4) is 0 Å². The number of rotatable bonds is 1. The van der Waals surface area contributed by atoms with E-state index in [0.29, 0.717) is 11.8 Å². The molecule has 2 bridgehead atoms. The van der Waals surface area contributed by atoms with Crippen LogP contribution >= 0.6 is 0 Å². The molecule has 1 spiro atoms. The highest BCUT2D eigenvalue weighted by molar-refractivity contribution is 5.17. The van der Waals surface area contributed by atoms with Gasteiger partial charge in [-0.15, -0.1) is 0 Å². The molecule has 0 unspecified atom stereocenters. The molecule has 0 radical (unpaired) electrons. The van der Waals surface area contributed by atoms with Crippen molar-refractivity contribution in [3.05, 3.63) is 0 Å². The van der Waals surface area contributed by atoms with E-state index < -0.39 is 5.60 Å². The minimum Gasteiger partial charge on any atom is -0.393 e. The molecule has 132 valence electrons. The Morgan fingerprint density at radius 1 is 0.957 bits per heavy atom. The molecule has 0 aromatic carbocycles. The first-order valence-electron chi connectivity index (χ1n) is 9.69. The van der Waals surface area contributed by atoms with Crippen LogP contribution in [0.1, 0.15) is 72.1 Å². The Labute approximate surface area is 140 Å². The SMILES string of the molecule is CC1(C)[C@H](O)CC[C@]2(C)[C@@H]1CC[C@@]13CC[C@@H](C[C@H]12)[C@](O)(CO)C3. The average molecular weight is 322 g/mol. The van der Waals surface area contributed by atoms with Crippen LogP contribution in [-0.4, -0.2) is 33.6 Å². The largest absolute Gasteiger partial charge is 0.393 e. The molecule has 0 aromatic heterocycles. The van der Waals surface area contributed by atoms with Gasteiger partial charge >= 0.3 is 0 Å². The lowest BCUT2D eigenvalue weighted by Crippen LogP contribution is -2.66. The first-order chi connectivity index (χ1) is 10.7. The predicted octanol–water partition coefficient (Wildman–Crippen LogP) is 3.11. The lowest BCUT2D eigenvalue weighted by Gasteiger charge is -2.70. The summed E-state index contributed by atoms with van der Waals surface area (Å²) in [7, 11) is 0. The molecule has 7 atom stereocenters. The van der Waals surface area contributed by atoms with Crippen molar-refractivity contribution in [1.29, 1.82) is 0 Å². The van der Waals surface area contributed by atoms with Crippen LogP contribution in [-0.2, 0) is 0 Å².